The lowest BCUT2D eigenvalue weighted by Crippen LogP contribution is -2.60. The molecule has 8 nitrogen and oxygen atoms in total. The fraction of sp³-hybridized carbons (Fsp3) is 0.783. The van der Waals surface area contributed by atoms with Crippen molar-refractivity contribution in [1.29, 1.82) is 0 Å². The average Bonchev–Trinajstić information content (AvgIpc) is 3.10. The minimum Gasteiger partial charge on any atom is -0.410 e. The van der Waals surface area contributed by atoms with Crippen LogP contribution in [0.3, 0.4) is 0 Å². The molecule has 0 aliphatic carbocycles. The van der Waals surface area contributed by atoms with E-state index in [1.54, 1.807) is 6.92 Å². The van der Waals surface area contributed by atoms with Gasteiger partial charge in [0.15, 0.2) is 8.32 Å². The number of piperidine rings is 1. The Morgan fingerprint density at radius 2 is 1.80 bits per heavy atom. The standard InChI is InChI=1S/C23H37F3N4O4Si/c1-15(31)14-33-18-8-10-30(20(18)32)17-7-9-29(13-19(17)34-35(5,6)22(2,3)4)21-27-11-16(12-28-21)23(24,25)26/h11-12,15,17-19,31H,7-10,13-14H2,1-6H3/t15?,17-,18?,19+/m0/s1. The number of alkyl halides is 3. The molecule has 2 saturated heterocycles. The molecule has 0 spiro atoms. The third kappa shape index (κ3) is 6.52. The van der Waals surface area contributed by atoms with Gasteiger partial charge in [0.1, 0.15) is 6.10 Å². The summed E-state index contributed by atoms with van der Waals surface area (Å²) in [5.74, 6) is 0.102. The molecule has 3 heterocycles. The molecule has 1 amide bonds. The van der Waals surface area contributed by atoms with Crippen LogP contribution in [-0.4, -0.2) is 84.8 Å². The van der Waals surface area contributed by atoms with Gasteiger partial charge in [-0.1, -0.05) is 20.8 Å². The van der Waals surface area contributed by atoms with E-state index in [1.807, 2.05) is 9.80 Å². The van der Waals surface area contributed by atoms with E-state index < -0.39 is 32.3 Å². The Labute approximate surface area is 205 Å². The van der Waals surface area contributed by atoms with Crippen LogP contribution >= 0.6 is 0 Å². The van der Waals surface area contributed by atoms with Crippen LogP contribution in [0.15, 0.2) is 12.4 Å². The Balaban J connectivity index is 1.81. The van der Waals surface area contributed by atoms with Crippen molar-refractivity contribution in [3.8, 4) is 0 Å². The van der Waals surface area contributed by atoms with Crippen molar-refractivity contribution >= 4 is 20.2 Å². The van der Waals surface area contributed by atoms with Gasteiger partial charge >= 0.3 is 6.18 Å². The predicted octanol–water partition coefficient (Wildman–Crippen LogP) is 3.46. The van der Waals surface area contributed by atoms with Crippen molar-refractivity contribution in [3.05, 3.63) is 18.0 Å². The zero-order valence-electron chi connectivity index (χ0n) is 21.3. The molecule has 3 rings (SSSR count). The Morgan fingerprint density at radius 1 is 1.17 bits per heavy atom. The second kappa shape index (κ2) is 10.3. The van der Waals surface area contributed by atoms with Crippen LogP contribution in [0, 0.1) is 0 Å². The first-order valence-corrected chi connectivity index (χ1v) is 14.9. The number of hydrogen-bond acceptors (Lipinski definition) is 7. The predicted molar refractivity (Wildman–Crippen MR) is 127 cm³/mol. The van der Waals surface area contributed by atoms with E-state index in [0.717, 1.165) is 12.4 Å². The van der Waals surface area contributed by atoms with Crippen molar-refractivity contribution in [1.82, 2.24) is 14.9 Å². The number of nitrogens with zero attached hydrogens (tertiary/aromatic N) is 4. The number of hydrogen-bond donors (Lipinski definition) is 1. The molecule has 1 N–H and O–H groups in total. The van der Waals surface area contributed by atoms with Crippen molar-refractivity contribution in [3.63, 3.8) is 0 Å². The normalized spacial score (nSPS) is 25.3. The largest absolute Gasteiger partial charge is 0.419 e. The monoisotopic (exact) mass is 518 g/mol. The molecule has 4 atom stereocenters. The van der Waals surface area contributed by atoms with Crippen LogP contribution in [-0.2, 0) is 20.1 Å². The summed E-state index contributed by atoms with van der Waals surface area (Å²) < 4.78 is 51.2. The van der Waals surface area contributed by atoms with Crippen LogP contribution < -0.4 is 4.90 Å². The van der Waals surface area contributed by atoms with Crippen molar-refractivity contribution < 1.29 is 32.2 Å². The quantitative estimate of drug-likeness (QED) is 0.553. The summed E-state index contributed by atoms with van der Waals surface area (Å²) in [5.41, 5.74) is -0.892. The first kappa shape index (κ1) is 27.8. The molecule has 2 unspecified atom stereocenters. The number of anilines is 1. The fourth-order valence-corrected chi connectivity index (χ4v) is 5.50. The molecule has 1 aromatic heterocycles. The Kier molecular flexibility index (Phi) is 8.19. The van der Waals surface area contributed by atoms with Gasteiger partial charge in [-0.15, -0.1) is 0 Å². The molecular weight excluding hydrogens is 481 g/mol. The molecule has 198 valence electrons. The van der Waals surface area contributed by atoms with Crippen LogP contribution in [0.5, 0.6) is 0 Å². The number of rotatable bonds is 7. The number of aromatic nitrogens is 2. The highest BCUT2D eigenvalue weighted by atomic mass is 28.4. The number of ether oxygens (including phenoxy) is 1. The highest BCUT2D eigenvalue weighted by Crippen LogP contribution is 2.39. The topological polar surface area (TPSA) is 88.0 Å². The Hall–Kier alpha value is -1.76. The number of likely N-dealkylation sites (tertiary alicyclic amines) is 1. The molecule has 2 aliphatic rings. The van der Waals surface area contributed by atoms with Gasteiger partial charge in [0.05, 0.1) is 30.4 Å². The number of amides is 1. The minimum absolute atomic E-state index is 0.0669. The Morgan fingerprint density at radius 3 is 2.34 bits per heavy atom. The molecule has 0 bridgehead atoms. The summed E-state index contributed by atoms with van der Waals surface area (Å²) in [7, 11) is -2.24. The fourth-order valence-electron chi connectivity index (χ4n) is 4.16. The van der Waals surface area contributed by atoms with Gasteiger partial charge in [0.2, 0.25) is 5.95 Å². The first-order chi connectivity index (χ1) is 16.1. The molecule has 12 heteroatoms. The number of aliphatic hydroxyl groups is 1. The lowest BCUT2D eigenvalue weighted by molar-refractivity contribution is -0.142. The summed E-state index contributed by atoms with van der Waals surface area (Å²) in [5, 5.41) is 9.45. The van der Waals surface area contributed by atoms with Gasteiger partial charge in [0.25, 0.3) is 5.91 Å². The Bertz CT molecular complexity index is 877. The van der Waals surface area contributed by atoms with E-state index in [4.69, 9.17) is 9.16 Å². The van der Waals surface area contributed by atoms with E-state index >= 15 is 0 Å². The van der Waals surface area contributed by atoms with E-state index in [9.17, 15) is 23.1 Å². The lowest BCUT2D eigenvalue weighted by atomic mass is 10.0. The zero-order valence-corrected chi connectivity index (χ0v) is 22.3. The van der Waals surface area contributed by atoms with Crippen LogP contribution in [0.25, 0.3) is 0 Å². The SMILES string of the molecule is CC(O)COC1CCN([C@H]2CCN(c3ncc(C(F)(F)F)cn3)C[C@H]2O[Si](C)(C)C(C)(C)C)C1=O. The molecule has 2 aliphatic heterocycles. The van der Waals surface area contributed by atoms with E-state index in [1.165, 1.54) is 0 Å². The second-order valence-electron chi connectivity index (χ2n) is 11.0. The maximum absolute atomic E-state index is 13.1. The molecular formula is C23H37F3N4O4Si. The summed E-state index contributed by atoms with van der Waals surface area (Å²) in [4.78, 5) is 24.7. The molecule has 0 aromatic carbocycles. The highest BCUT2D eigenvalue weighted by Gasteiger charge is 2.47. The van der Waals surface area contributed by atoms with Gasteiger partial charge in [-0.3, -0.25) is 4.79 Å². The van der Waals surface area contributed by atoms with E-state index in [-0.39, 0.29) is 35.6 Å². The molecule has 35 heavy (non-hydrogen) atoms. The average molecular weight is 519 g/mol. The number of carbonyl (C=O) groups excluding carboxylic acids is 1. The lowest BCUT2D eigenvalue weighted by Gasteiger charge is -2.47. The number of carbonyl (C=O) groups is 1. The summed E-state index contributed by atoms with van der Waals surface area (Å²) in [6.07, 6.45) is -3.39. The van der Waals surface area contributed by atoms with E-state index in [2.05, 4.69) is 43.8 Å². The van der Waals surface area contributed by atoms with Crippen molar-refractivity contribution in [2.75, 3.05) is 31.1 Å². The van der Waals surface area contributed by atoms with Crippen molar-refractivity contribution in [2.45, 2.75) is 89.2 Å². The highest BCUT2D eigenvalue weighted by molar-refractivity contribution is 6.74. The van der Waals surface area contributed by atoms with Gasteiger partial charge < -0.3 is 24.1 Å². The summed E-state index contributed by atoms with van der Waals surface area (Å²) in [6.45, 7) is 13.8. The van der Waals surface area contributed by atoms with Gasteiger partial charge in [0, 0.05) is 38.4 Å². The van der Waals surface area contributed by atoms with E-state index in [0.29, 0.717) is 32.5 Å². The van der Waals surface area contributed by atoms with Crippen LogP contribution in [0.1, 0.15) is 46.1 Å². The second-order valence-corrected chi connectivity index (χ2v) is 15.7. The molecule has 1 aromatic rings. The maximum atomic E-state index is 13.1. The van der Waals surface area contributed by atoms with Gasteiger partial charge in [-0.2, -0.15) is 13.2 Å². The third-order valence-corrected chi connectivity index (χ3v) is 11.7. The smallest absolute Gasteiger partial charge is 0.410 e. The van der Waals surface area contributed by atoms with Crippen LogP contribution in [0.2, 0.25) is 18.1 Å². The summed E-state index contributed by atoms with van der Waals surface area (Å²) >= 11 is 0. The summed E-state index contributed by atoms with van der Waals surface area (Å²) in [6, 6.07) is -0.192. The number of halogens is 3. The maximum Gasteiger partial charge on any atom is 0.419 e. The molecule has 2 fully saturated rings. The van der Waals surface area contributed by atoms with Gasteiger partial charge in [-0.05, 0) is 31.5 Å². The molecule has 0 radical (unpaired) electrons. The first-order valence-electron chi connectivity index (χ1n) is 12.0. The van der Waals surface area contributed by atoms with Crippen molar-refractivity contribution in [2.24, 2.45) is 0 Å². The molecule has 0 saturated carbocycles. The van der Waals surface area contributed by atoms with Crippen LogP contribution in [0.4, 0.5) is 19.1 Å². The zero-order chi connectivity index (χ0) is 26.2. The third-order valence-electron chi connectivity index (χ3n) is 7.15. The minimum atomic E-state index is -4.50. The number of aliphatic hydroxyl groups excluding tert-OH is 1. The van der Waals surface area contributed by atoms with Gasteiger partial charge in [-0.25, -0.2) is 9.97 Å².